The van der Waals surface area contributed by atoms with Gasteiger partial charge in [0, 0.05) is 0 Å². The van der Waals surface area contributed by atoms with E-state index < -0.39 is 69.2 Å². The highest BCUT2D eigenvalue weighted by Crippen LogP contribution is 1.92. The van der Waals surface area contributed by atoms with Gasteiger partial charge >= 0.3 is 29.1 Å². The van der Waals surface area contributed by atoms with Gasteiger partial charge in [-0.05, 0) is 0 Å². The molecule has 0 atom stereocenters. The molecular formula is C17H14N12O11. The number of aliphatic imine (C=N–C) groups is 5. The van der Waals surface area contributed by atoms with Gasteiger partial charge in [-0.15, -0.1) is 0 Å². The summed E-state index contributed by atoms with van der Waals surface area (Å²) in [6, 6.07) is -1.93. The maximum Gasteiger partial charge on any atom is 0.340 e. The molecule has 1 rings (SSSR count). The van der Waals surface area contributed by atoms with Crippen molar-refractivity contribution < 1.29 is 38.3 Å². The zero-order valence-corrected chi connectivity index (χ0v) is 19.7. The third-order valence-corrected chi connectivity index (χ3v) is 3.71. The first-order valence-electron chi connectivity index (χ1n) is 9.72. The number of carbonyl (C=O) groups is 2. The molecule has 208 valence electrons. The van der Waals surface area contributed by atoms with Crippen molar-refractivity contribution in [3.05, 3.63) is 31.5 Å². The van der Waals surface area contributed by atoms with Crippen LogP contribution in [0.15, 0.2) is 39.3 Å². The van der Waals surface area contributed by atoms with Crippen molar-refractivity contribution in [2.45, 2.75) is 20.1 Å². The Morgan fingerprint density at radius 2 is 1.10 bits per heavy atom. The predicted molar refractivity (Wildman–Crippen MR) is 120 cm³/mol. The lowest BCUT2D eigenvalue weighted by Crippen LogP contribution is -2.54. The van der Waals surface area contributed by atoms with Crippen LogP contribution >= 0.6 is 0 Å². The normalized spacial score (nSPS) is 8.57. The predicted octanol–water partition coefficient (Wildman–Crippen LogP) is -4.20. The van der Waals surface area contributed by atoms with Crippen LogP contribution in [0.4, 0.5) is 9.59 Å². The fourth-order valence-electron chi connectivity index (χ4n) is 2.12. The molecule has 1 heterocycles. The molecule has 1 aromatic rings. The standard InChI is InChI=1S/C9H6N6O6.C8H8N6O5/c10-1-21-6-15-8(19)13(2-11-4-16)7(18)14(9(15)20)3-12-5-17;15-4-9-1-12-7(18)14(3-11-6-17)8(19)13-2-10-5-16/h2-3,6H2;1-3H2,(H,12,18)(H,13,19). The largest absolute Gasteiger partial charge is 0.405 e. The second kappa shape index (κ2) is 19.5. The van der Waals surface area contributed by atoms with E-state index in [1.54, 1.807) is 0 Å². The van der Waals surface area contributed by atoms with Crippen molar-refractivity contribution in [3.8, 4) is 6.26 Å². The minimum atomic E-state index is -1.15. The maximum absolute atomic E-state index is 11.9. The molecule has 0 aliphatic carbocycles. The molecule has 4 amide bonds. The molecule has 0 spiro atoms. The van der Waals surface area contributed by atoms with Crippen LogP contribution in [-0.4, -0.2) is 81.1 Å². The van der Waals surface area contributed by atoms with E-state index in [1.807, 2.05) is 0 Å². The van der Waals surface area contributed by atoms with Gasteiger partial charge in [0.1, 0.15) is 33.3 Å². The monoisotopic (exact) mass is 562 g/mol. The fraction of sp³-hybridized carbons (Fsp3) is 0.353. The fourth-order valence-corrected chi connectivity index (χ4v) is 2.12. The maximum atomic E-state index is 11.9. The highest BCUT2D eigenvalue weighted by Gasteiger charge is 2.20. The molecule has 1 aromatic heterocycles. The average Bonchev–Trinajstić information content (AvgIpc) is 2.94. The number of nitrogens with one attached hydrogen (secondary N) is 2. The van der Waals surface area contributed by atoms with Crippen molar-refractivity contribution in [3.63, 3.8) is 0 Å². The van der Waals surface area contributed by atoms with E-state index in [4.69, 9.17) is 5.26 Å². The number of carbonyl (C=O) groups excluding carboxylic acids is 7. The zero-order valence-electron chi connectivity index (χ0n) is 19.7. The Morgan fingerprint density at radius 3 is 1.48 bits per heavy atom. The summed E-state index contributed by atoms with van der Waals surface area (Å²) in [4.78, 5) is 124. The molecule has 0 aliphatic rings. The van der Waals surface area contributed by atoms with Crippen LogP contribution in [0.2, 0.25) is 0 Å². The lowest BCUT2D eigenvalue weighted by Gasteiger charge is -2.17. The lowest BCUT2D eigenvalue weighted by molar-refractivity contribution is 0.175. The van der Waals surface area contributed by atoms with E-state index in [2.05, 4.69) is 40.3 Å². The van der Waals surface area contributed by atoms with Crippen LogP contribution in [0, 0.1) is 11.5 Å². The van der Waals surface area contributed by atoms with Crippen LogP contribution < -0.4 is 27.7 Å². The Labute approximate surface area is 218 Å². The van der Waals surface area contributed by atoms with Gasteiger partial charge < -0.3 is 15.4 Å². The van der Waals surface area contributed by atoms with Crippen LogP contribution in [0.5, 0.6) is 0 Å². The lowest BCUT2D eigenvalue weighted by atomic mass is 10.7. The Bertz CT molecular complexity index is 1440. The highest BCUT2D eigenvalue weighted by atomic mass is 16.5. The molecule has 0 saturated heterocycles. The Morgan fingerprint density at radius 1 is 0.700 bits per heavy atom. The molecule has 0 fully saturated rings. The Hall–Kier alpha value is -6.66. The number of hydrogen-bond acceptors (Lipinski definition) is 17. The molecule has 0 radical (unpaired) electrons. The number of amides is 4. The molecule has 40 heavy (non-hydrogen) atoms. The van der Waals surface area contributed by atoms with Crippen molar-refractivity contribution in [1.29, 1.82) is 5.26 Å². The summed E-state index contributed by atoms with van der Waals surface area (Å²) in [7, 11) is 0. The van der Waals surface area contributed by atoms with E-state index in [1.165, 1.54) is 18.4 Å². The summed E-state index contributed by atoms with van der Waals surface area (Å²) in [6.45, 7) is -3.55. The number of urea groups is 2. The van der Waals surface area contributed by atoms with Gasteiger partial charge in [0.2, 0.25) is 30.4 Å². The number of aromatic nitrogens is 3. The first-order valence-corrected chi connectivity index (χ1v) is 9.72. The van der Waals surface area contributed by atoms with Crippen LogP contribution in [0.1, 0.15) is 0 Å². The van der Waals surface area contributed by atoms with E-state index in [9.17, 15) is 47.9 Å². The van der Waals surface area contributed by atoms with Gasteiger partial charge in [-0.2, -0.15) is 30.2 Å². The molecular weight excluding hydrogens is 548 g/mol. The van der Waals surface area contributed by atoms with Crippen molar-refractivity contribution in [2.75, 3.05) is 20.0 Å². The second-order valence-corrected chi connectivity index (χ2v) is 5.88. The number of nitriles is 1. The average molecular weight is 562 g/mol. The summed E-state index contributed by atoms with van der Waals surface area (Å²) < 4.78 is 5.48. The summed E-state index contributed by atoms with van der Waals surface area (Å²) in [5, 5.41) is 12.4. The minimum Gasteiger partial charge on any atom is -0.405 e. The Balaban J connectivity index is 0.000000765. The van der Waals surface area contributed by atoms with Gasteiger partial charge in [0.05, 0.1) is 0 Å². The van der Waals surface area contributed by atoms with Gasteiger partial charge in [0.25, 0.3) is 6.26 Å². The SMILES string of the molecule is N#COCn1c(=O)n(CN=C=O)c(=O)n(CN=C=O)c1=O.O=C=NCNC(=O)N(CN=C=O)C(=O)NCN=C=O. The van der Waals surface area contributed by atoms with E-state index >= 15 is 0 Å². The first kappa shape index (κ1) is 33.3. The quantitative estimate of drug-likeness (QED) is 0.139. The molecule has 0 aliphatic heterocycles. The zero-order chi connectivity index (χ0) is 30.3. The number of nitrogens with zero attached hydrogens (tertiary/aromatic N) is 10. The van der Waals surface area contributed by atoms with E-state index in [0.29, 0.717) is 18.6 Å². The minimum absolute atomic E-state index is 0.394. The van der Waals surface area contributed by atoms with Crippen molar-refractivity contribution >= 4 is 42.5 Å². The molecule has 0 aromatic carbocycles. The summed E-state index contributed by atoms with van der Waals surface area (Å²) in [5.74, 6) is 0. The number of ether oxygens (including phenoxy) is 1. The topological polar surface area (TPSA) is 308 Å². The molecule has 2 N–H and O–H groups in total. The highest BCUT2D eigenvalue weighted by molar-refractivity contribution is 5.93. The summed E-state index contributed by atoms with van der Waals surface area (Å²) in [6.07, 6.45) is 6.98. The van der Waals surface area contributed by atoms with Gasteiger partial charge in [-0.25, -0.2) is 66.5 Å². The van der Waals surface area contributed by atoms with Crippen LogP contribution in [0.25, 0.3) is 0 Å². The smallest absolute Gasteiger partial charge is 0.340 e. The van der Waals surface area contributed by atoms with Crippen molar-refractivity contribution in [2.24, 2.45) is 25.0 Å². The molecule has 0 bridgehead atoms. The second-order valence-electron chi connectivity index (χ2n) is 5.88. The molecule has 0 saturated carbocycles. The first-order chi connectivity index (χ1) is 19.2. The third kappa shape index (κ3) is 10.9. The molecule has 23 heteroatoms. The number of hydrogen-bond donors (Lipinski definition) is 2. The number of rotatable bonds is 12. The van der Waals surface area contributed by atoms with Gasteiger partial charge in [-0.1, -0.05) is 0 Å². The summed E-state index contributed by atoms with van der Waals surface area (Å²) in [5.41, 5.74) is -3.44. The summed E-state index contributed by atoms with van der Waals surface area (Å²) >= 11 is 0. The third-order valence-electron chi connectivity index (χ3n) is 3.71. The number of isocyanates is 5. The Kier molecular flexibility index (Phi) is 16.3. The van der Waals surface area contributed by atoms with E-state index in [0.717, 1.165) is 18.2 Å². The van der Waals surface area contributed by atoms with Gasteiger partial charge in [-0.3, -0.25) is 0 Å². The number of imide groups is 1. The van der Waals surface area contributed by atoms with Crippen LogP contribution in [-0.2, 0) is 48.8 Å². The van der Waals surface area contributed by atoms with E-state index in [-0.39, 0.29) is 0 Å². The van der Waals surface area contributed by atoms with Crippen LogP contribution in [0.3, 0.4) is 0 Å². The van der Waals surface area contributed by atoms with Crippen molar-refractivity contribution in [1.82, 2.24) is 29.2 Å². The molecule has 23 nitrogen and oxygen atoms in total. The van der Waals surface area contributed by atoms with Gasteiger partial charge in [0.15, 0.2) is 6.73 Å². The molecule has 0 unspecified atom stereocenters.